The first-order chi connectivity index (χ1) is 7.86. The third-order valence-electron chi connectivity index (χ3n) is 3.32. The summed E-state index contributed by atoms with van der Waals surface area (Å²) >= 11 is 5.70. The fourth-order valence-electron chi connectivity index (χ4n) is 2.22. The minimum atomic E-state index is 0.422. The van der Waals surface area contributed by atoms with Gasteiger partial charge in [0.2, 0.25) is 0 Å². The van der Waals surface area contributed by atoms with Gasteiger partial charge in [0.25, 0.3) is 6.01 Å². The standard InChI is InChI=1S/C11H16ClN3O/c12-7-9-8-16-11(13-9)15-5-3-14(4-6-15)10-1-2-10/h8,10H,1-7H2. The van der Waals surface area contributed by atoms with Crippen molar-refractivity contribution in [3.8, 4) is 0 Å². The van der Waals surface area contributed by atoms with Crippen LogP contribution in [0.2, 0.25) is 0 Å². The van der Waals surface area contributed by atoms with Crippen molar-refractivity contribution in [2.45, 2.75) is 24.8 Å². The summed E-state index contributed by atoms with van der Waals surface area (Å²) in [5.74, 6) is 0.422. The average molecular weight is 242 g/mol. The van der Waals surface area contributed by atoms with Crippen LogP contribution in [0.3, 0.4) is 0 Å². The van der Waals surface area contributed by atoms with E-state index in [0.717, 1.165) is 43.9 Å². The van der Waals surface area contributed by atoms with Crippen LogP contribution in [-0.4, -0.2) is 42.1 Å². The highest BCUT2D eigenvalue weighted by Gasteiger charge is 2.31. The lowest BCUT2D eigenvalue weighted by atomic mass is 10.3. The summed E-state index contributed by atoms with van der Waals surface area (Å²) in [6.45, 7) is 4.28. The van der Waals surface area contributed by atoms with Crippen molar-refractivity contribution in [3.63, 3.8) is 0 Å². The quantitative estimate of drug-likeness (QED) is 0.754. The molecule has 0 amide bonds. The minimum absolute atomic E-state index is 0.422. The second-order valence-electron chi connectivity index (χ2n) is 4.51. The maximum atomic E-state index is 5.70. The van der Waals surface area contributed by atoms with Crippen molar-refractivity contribution in [1.82, 2.24) is 9.88 Å². The third kappa shape index (κ3) is 2.04. The van der Waals surface area contributed by atoms with Crippen LogP contribution < -0.4 is 4.90 Å². The molecule has 2 heterocycles. The summed E-state index contributed by atoms with van der Waals surface area (Å²) in [7, 11) is 0. The molecule has 3 rings (SSSR count). The lowest BCUT2D eigenvalue weighted by molar-refractivity contribution is 0.243. The largest absolute Gasteiger partial charge is 0.432 e. The first-order valence-electron chi connectivity index (χ1n) is 5.86. The summed E-state index contributed by atoms with van der Waals surface area (Å²) in [5.41, 5.74) is 0.821. The monoisotopic (exact) mass is 241 g/mol. The summed E-state index contributed by atoms with van der Waals surface area (Å²) in [6.07, 6.45) is 4.42. The van der Waals surface area contributed by atoms with Crippen molar-refractivity contribution in [3.05, 3.63) is 12.0 Å². The third-order valence-corrected chi connectivity index (χ3v) is 3.60. The maximum absolute atomic E-state index is 5.70. The number of alkyl halides is 1. The van der Waals surface area contributed by atoms with Crippen molar-refractivity contribution in [2.24, 2.45) is 0 Å². The van der Waals surface area contributed by atoms with E-state index in [4.69, 9.17) is 16.0 Å². The van der Waals surface area contributed by atoms with Crippen molar-refractivity contribution in [2.75, 3.05) is 31.1 Å². The molecule has 16 heavy (non-hydrogen) atoms. The fourth-order valence-corrected chi connectivity index (χ4v) is 2.34. The Balaban J connectivity index is 1.60. The molecule has 2 aliphatic rings. The van der Waals surface area contributed by atoms with E-state index in [1.54, 1.807) is 6.26 Å². The highest BCUT2D eigenvalue weighted by Crippen LogP contribution is 2.28. The number of oxazole rings is 1. The van der Waals surface area contributed by atoms with E-state index in [1.807, 2.05) is 0 Å². The van der Waals surface area contributed by atoms with Gasteiger partial charge in [-0.25, -0.2) is 0 Å². The zero-order chi connectivity index (χ0) is 11.0. The van der Waals surface area contributed by atoms with Gasteiger partial charge >= 0.3 is 0 Å². The Bertz CT molecular complexity index is 356. The Morgan fingerprint density at radius 1 is 1.31 bits per heavy atom. The van der Waals surface area contributed by atoms with E-state index < -0.39 is 0 Å². The zero-order valence-electron chi connectivity index (χ0n) is 9.23. The highest BCUT2D eigenvalue weighted by molar-refractivity contribution is 6.16. The predicted molar refractivity (Wildman–Crippen MR) is 62.9 cm³/mol. The number of nitrogens with zero attached hydrogens (tertiary/aromatic N) is 3. The van der Waals surface area contributed by atoms with Crippen LogP contribution >= 0.6 is 11.6 Å². The molecule has 1 aliphatic heterocycles. The Kier molecular flexibility index (Phi) is 2.77. The van der Waals surface area contributed by atoms with Crippen molar-refractivity contribution >= 4 is 17.6 Å². The van der Waals surface area contributed by atoms with Crippen LogP contribution in [0.25, 0.3) is 0 Å². The van der Waals surface area contributed by atoms with Crippen LogP contribution in [0.4, 0.5) is 6.01 Å². The smallest absolute Gasteiger partial charge is 0.297 e. The van der Waals surface area contributed by atoms with E-state index >= 15 is 0 Å². The zero-order valence-corrected chi connectivity index (χ0v) is 9.99. The van der Waals surface area contributed by atoms with Gasteiger partial charge in [-0.15, -0.1) is 11.6 Å². The normalized spacial score (nSPS) is 22.7. The SMILES string of the molecule is ClCc1coc(N2CCN(C3CC3)CC2)n1. The van der Waals surface area contributed by atoms with Gasteiger partial charge in [-0.05, 0) is 12.8 Å². The number of halogens is 1. The summed E-state index contributed by atoms with van der Waals surface area (Å²) in [6, 6.07) is 1.59. The molecule has 1 saturated carbocycles. The molecule has 5 heteroatoms. The van der Waals surface area contributed by atoms with Gasteiger partial charge in [0, 0.05) is 32.2 Å². The Hall–Kier alpha value is -0.740. The Morgan fingerprint density at radius 2 is 2.06 bits per heavy atom. The van der Waals surface area contributed by atoms with Crippen molar-refractivity contribution < 1.29 is 4.42 Å². The summed E-state index contributed by atoms with van der Waals surface area (Å²) in [5, 5.41) is 0. The molecule has 0 spiro atoms. The number of piperazine rings is 1. The lowest BCUT2D eigenvalue weighted by Crippen LogP contribution is -2.47. The van der Waals surface area contributed by atoms with E-state index in [1.165, 1.54) is 12.8 Å². The summed E-state index contributed by atoms with van der Waals surface area (Å²) < 4.78 is 5.42. The van der Waals surface area contributed by atoms with E-state index in [2.05, 4.69) is 14.8 Å². The van der Waals surface area contributed by atoms with Crippen LogP contribution in [0.1, 0.15) is 18.5 Å². The van der Waals surface area contributed by atoms with Crippen LogP contribution in [-0.2, 0) is 5.88 Å². The van der Waals surface area contributed by atoms with Crippen LogP contribution in [0, 0.1) is 0 Å². The van der Waals surface area contributed by atoms with Crippen LogP contribution in [0.5, 0.6) is 0 Å². The van der Waals surface area contributed by atoms with Gasteiger partial charge in [-0.1, -0.05) is 0 Å². The topological polar surface area (TPSA) is 32.5 Å². The molecule has 0 bridgehead atoms. The molecule has 4 nitrogen and oxygen atoms in total. The molecule has 1 saturated heterocycles. The highest BCUT2D eigenvalue weighted by atomic mass is 35.5. The molecular weight excluding hydrogens is 226 g/mol. The molecule has 1 aromatic rings. The van der Waals surface area contributed by atoms with Crippen molar-refractivity contribution in [1.29, 1.82) is 0 Å². The fraction of sp³-hybridized carbons (Fsp3) is 0.727. The average Bonchev–Trinajstić information content (AvgIpc) is 3.07. The molecule has 0 atom stereocenters. The maximum Gasteiger partial charge on any atom is 0.297 e. The molecule has 88 valence electrons. The lowest BCUT2D eigenvalue weighted by Gasteiger charge is -2.33. The van der Waals surface area contributed by atoms with E-state index in [0.29, 0.717) is 5.88 Å². The van der Waals surface area contributed by atoms with Gasteiger partial charge < -0.3 is 9.32 Å². The number of hydrogen-bond acceptors (Lipinski definition) is 4. The Morgan fingerprint density at radius 3 is 2.62 bits per heavy atom. The van der Waals surface area contributed by atoms with Gasteiger partial charge in [0.15, 0.2) is 0 Å². The predicted octanol–water partition coefficient (Wildman–Crippen LogP) is 1.70. The molecule has 1 aliphatic carbocycles. The number of rotatable bonds is 3. The number of aromatic nitrogens is 1. The summed E-state index contributed by atoms with van der Waals surface area (Å²) in [4.78, 5) is 9.12. The van der Waals surface area contributed by atoms with Crippen LogP contribution in [0.15, 0.2) is 10.7 Å². The van der Waals surface area contributed by atoms with Gasteiger partial charge in [-0.3, -0.25) is 4.90 Å². The molecule has 0 unspecified atom stereocenters. The first-order valence-corrected chi connectivity index (χ1v) is 6.39. The molecule has 1 aromatic heterocycles. The molecule has 0 aromatic carbocycles. The van der Waals surface area contributed by atoms with Gasteiger partial charge in [-0.2, -0.15) is 4.98 Å². The second kappa shape index (κ2) is 4.26. The number of hydrogen-bond donors (Lipinski definition) is 0. The number of anilines is 1. The molecule has 2 fully saturated rings. The Labute approximate surface area is 100 Å². The van der Waals surface area contributed by atoms with E-state index in [9.17, 15) is 0 Å². The molecule has 0 radical (unpaired) electrons. The molecular formula is C11H16ClN3O. The second-order valence-corrected chi connectivity index (χ2v) is 4.78. The molecule has 0 N–H and O–H groups in total. The minimum Gasteiger partial charge on any atom is -0.432 e. The van der Waals surface area contributed by atoms with Gasteiger partial charge in [0.05, 0.1) is 11.6 Å². The van der Waals surface area contributed by atoms with E-state index in [-0.39, 0.29) is 0 Å². The first kappa shape index (κ1) is 10.4. The van der Waals surface area contributed by atoms with Gasteiger partial charge in [0.1, 0.15) is 6.26 Å².